The molecule has 0 amide bonds. The zero-order chi connectivity index (χ0) is 18.7. The van der Waals surface area contributed by atoms with E-state index in [0.29, 0.717) is 19.3 Å². The first kappa shape index (κ1) is 21.6. The molecule has 0 spiro atoms. The number of hydrogen-bond acceptors (Lipinski definition) is 4. The molecule has 1 saturated carbocycles. The van der Waals surface area contributed by atoms with Crippen LogP contribution in [0.1, 0.15) is 64.7 Å². The summed E-state index contributed by atoms with van der Waals surface area (Å²) in [4.78, 5) is 22.6. The van der Waals surface area contributed by atoms with Gasteiger partial charge in [-0.3, -0.25) is 9.59 Å². The van der Waals surface area contributed by atoms with Crippen LogP contribution in [0.15, 0.2) is 24.3 Å². The fourth-order valence-electron chi connectivity index (χ4n) is 3.32. The van der Waals surface area contributed by atoms with Gasteiger partial charge in [0, 0.05) is 24.7 Å². The molecule has 0 aliphatic heterocycles. The highest BCUT2D eigenvalue weighted by Crippen LogP contribution is 2.34. The molecule has 5 heteroatoms. The minimum atomic E-state index is -0.772. The molecule has 0 saturated heterocycles. The summed E-state index contributed by atoms with van der Waals surface area (Å²) in [6, 6.07) is 0. The molecule has 0 aromatic heterocycles. The molecule has 0 aromatic carbocycles. The number of ketones is 1. The van der Waals surface area contributed by atoms with Crippen molar-refractivity contribution in [3.8, 4) is 0 Å². The van der Waals surface area contributed by atoms with E-state index in [4.69, 9.17) is 5.11 Å². The Bertz CT molecular complexity index is 469. The molecular weight excluding hydrogens is 320 g/mol. The average Bonchev–Trinajstić information content (AvgIpc) is 2.82. The van der Waals surface area contributed by atoms with Crippen molar-refractivity contribution in [3.05, 3.63) is 24.3 Å². The number of Topliss-reactive ketones (excluding diaryl/α,β-unsaturated/α-hetero) is 1. The molecular formula is C20H32O5. The van der Waals surface area contributed by atoms with Crippen LogP contribution in [0, 0.1) is 11.8 Å². The van der Waals surface area contributed by atoms with Gasteiger partial charge in [0.05, 0.1) is 12.2 Å². The SMILES string of the molecule is CC/C=C\C[C@H](O)/C=C/[C@H]1[C@H](O)CC(=O)[C@@H]1CCCCCCC(=O)O. The number of hydrogen-bond donors (Lipinski definition) is 3. The molecule has 1 fully saturated rings. The predicted molar refractivity (Wildman–Crippen MR) is 97.1 cm³/mol. The van der Waals surface area contributed by atoms with Gasteiger partial charge in [0.2, 0.25) is 0 Å². The normalized spacial score (nSPS) is 25.2. The Morgan fingerprint density at radius 1 is 1.24 bits per heavy atom. The smallest absolute Gasteiger partial charge is 0.303 e. The highest BCUT2D eigenvalue weighted by Gasteiger charge is 2.39. The van der Waals surface area contributed by atoms with Crippen molar-refractivity contribution in [3.63, 3.8) is 0 Å². The van der Waals surface area contributed by atoms with Gasteiger partial charge in [0.1, 0.15) is 5.78 Å². The summed E-state index contributed by atoms with van der Waals surface area (Å²) in [5.41, 5.74) is 0. The number of unbranched alkanes of at least 4 members (excludes halogenated alkanes) is 3. The maximum atomic E-state index is 12.1. The second kappa shape index (κ2) is 12.0. The summed E-state index contributed by atoms with van der Waals surface area (Å²) in [5.74, 6) is -1.10. The van der Waals surface area contributed by atoms with Crippen molar-refractivity contribution in [1.82, 2.24) is 0 Å². The molecule has 142 valence electrons. The lowest BCUT2D eigenvalue weighted by atomic mass is 9.88. The molecule has 1 rings (SSSR count). The van der Waals surface area contributed by atoms with Crippen LogP contribution >= 0.6 is 0 Å². The van der Waals surface area contributed by atoms with E-state index < -0.39 is 18.2 Å². The molecule has 5 nitrogen and oxygen atoms in total. The number of aliphatic hydroxyl groups excluding tert-OH is 2. The molecule has 0 aromatic rings. The monoisotopic (exact) mass is 352 g/mol. The number of carboxylic acid groups (broad SMARTS) is 1. The Morgan fingerprint density at radius 3 is 2.64 bits per heavy atom. The Hall–Kier alpha value is -1.46. The Kier molecular flexibility index (Phi) is 10.3. The quantitative estimate of drug-likeness (QED) is 0.370. The maximum Gasteiger partial charge on any atom is 0.303 e. The van der Waals surface area contributed by atoms with Crippen LogP contribution in [0.2, 0.25) is 0 Å². The number of aliphatic hydroxyl groups is 2. The van der Waals surface area contributed by atoms with Crippen molar-refractivity contribution >= 4 is 11.8 Å². The first-order valence-corrected chi connectivity index (χ1v) is 9.39. The van der Waals surface area contributed by atoms with Gasteiger partial charge in [-0.05, 0) is 25.7 Å². The lowest BCUT2D eigenvalue weighted by molar-refractivity contribution is -0.137. The van der Waals surface area contributed by atoms with Gasteiger partial charge in [-0.1, -0.05) is 50.5 Å². The van der Waals surface area contributed by atoms with Crippen molar-refractivity contribution < 1.29 is 24.9 Å². The van der Waals surface area contributed by atoms with Crippen LogP contribution < -0.4 is 0 Å². The second-order valence-electron chi connectivity index (χ2n) is 6.84. The molecule has 0 unspecified atom stereocenters. The zero-order valence-corrected chi connectivity index (χ0v) is 15.1. The molecule has 0 heterocycles. The van der Waals surface area contributed by atoms with Crippen LogP contribution in [-0.2, 0) is 9.59 Å². The van der Waals surface area contributed by atoms with E-state index in [2.05, 4.69) is 0 Å². The van der Waals surface area contributed by atoms with Crippen molar-refractivity contribution in [2.75, 3.05) is 0 Å². The van der Waals surface area contributed by atoms with E-state index in [-0.39, 0.29) is 30.5 Å². The van der Waals surface area contributed by atoms with Gasteiger partial charge in [0.25, 0.3) is 0 Å². The Morgan fingerprint density at radius 2 is 1.96 bits per heavy atom. The predicted octanol–water partition coefficient (Wildman–Crippen LogP) is 3.25. The number of carboxylic acids is 1. The molecule has 1 aliphatic carbocycles. The van der Waals surface area contributed by atoms with Crippen molar-refractivity contribution in [2.45, 2.75) is 76.9 Å². The van der Waals surface area contributed by atoms with Gasteiger partial charge < -0.3 is 15.3 Å². The maximum absolute atomic E-state index is 12.1. The summed E-state index contributed by atoms with van der Waals surface area (Å²) >= 11 is 0. The van der Waals surface area contributed by atoms with Crippen LogP contribution in [0.4, 0.5) is 0 Å². The molecule has 25 heavy (non-hydrogen) atoms. The minimum Gasteiger partial charge on any atom is -0.481 e. The van der Waals surface area contributed by atoms with Crippen LogP contribution in [-0.4, -0.2) is 39.3 Å². The molecule has 0 bridgehead atoms. The first-order valence-electron chi connectivity index (χ1n) is 9.39. The molecule has 1 aliphatic rings. The summed E-state index contributed by atoms with van der Waals surface area (Å²) in [6.07, 6.45) is 12.0. The fourth-order valence-corrected chi connectivity index (χ4v) is 3.32. The van der Waals surface area contributed by atoms with Gasteiger partial charge in [0.15, 0.2) is 0 Å². The summed E-state index contributed by atoms with van der Waals surface area (Å²) < 4.78 is 0. The fraction of sp³-hybridized carbons (Fsp3) is 0.700. The van der Waals surface area contributed by atoms with Gasteiger partial charge in [-0.2, -0.15) is 0 Å². The first-order chi connectivity index (χ1) is 12.0. The Labute approximate surface area is 150 Å². The van der Waals surface area contributed by atoms with E-state index in [1.165, 1.54) is 0 Å². The lowest BCUT2D eigenvalue weighted by Crippen LogP contribution is -2.19. The molecule has 4 atom stereocenters. The topological polar surface area (TPSA) is 94.8 Å². The molecule has 0 radical (unpaired) electrons. The third-order valence-electron chi connectivity index (χ3n) is 4.72. The van der Waals surface area contributed by atoms with Gasteiger partial charge >= 0.3 is 5.97 Å². The largest absolute Gasteiger partial charge is 0.481 e. The van der Waals surface area contributed by atoms with Gasteiger partial charge in [-0.25, -0.2) is 0 Å². The van der Waals surface area contributed by atoms with Crippen LogP contribution in [0.3, 0.4) is 0 Å². The van der Waals surface area contributed by atoms with E-state index in [0.717, 1.165) is 25.7 Å². The van der Waals surface area contributed by atoms with Crippen LogP contribution in [0.5, 0.6) is 0 Å². The number of rotatable bonds is 12. The van der Waals surface area contributed by atoms with E-state index >= 15 is 0 Å². The summed E-state index contributed by atoms with van der Waals surface area (Å²) in [6.45, 7) is 2.03. The van der Waals surface area contributed by atoms with Crippen molar-refractivity contribution in [1.29, 1.82) is 0 Å². The Balaban J connectivity index is 2.43. The van der Waals surface area contributed by atoms with Gasteiger partial charge in [-0.15, -0.1) is 0 Å². The highest BCUT2D eigenvalue weighted by molar-refractivity contribution is 5.84. The second-order valence-corrected chi connectivity index (χ2v) is 6.84. The molecule has 3 N–H and O–H groups in total. The third kappa shape index (κ3) is 8.45. The number of allylic oxidation sites excluding steroid dienone is 1. The number of carbonyl (C=O) groups excluding carboxylic acids is 1. The summed E-state index contributed by atoms with van der Waals surface area (Å²) in [7, 11) is 0. The number of carbonyl (C=O) groups is 2. The van der Waals surface area contributed by atoms with Crippen molar-refractivity contribution in [2.24, 2.45) is 11.8 Å². The minimum absolute atomic E-state index is 0.0908. The summed E-state index contributed by atoms with van der Waals surface area (Å²) in [5, 5.41) is 28.7. The van der Waals surface area contributed by atoms with Crippen LogP contribution in [0.25, 0.3) is 0 Å². The standard InChI is InChI=1S/C20H32O5/c1-2-3-6-9-15(21)12-13-17-16(18(22)14-19(17)23)10-7-4-5-8-11-20(24)25/h3,6,12-13,15-17,19,21,23H,2,4-5,7-11,14H2,1H3,(H,24,25)/b6-3-,13-12+/t15-,16+,17+,19+/m0/s1. The van der Waals surface area contributed by atoms with E-state index in [1.54, 1.807) is 12.2 Å². The zero-order valence-electron chi connectivity index (χ0n) is 15.1. The average molecular weight is 352 g/mol. The van der Waals surface area contributed by atoms with E-state index in [1.807, 2.05) is 19.1 Å². The number of aliphatic carboxylic acids is 1. The highest BCUT2D eigenvalue weighted by atomic mass is 16.4. The van der Waals surface area contributed by atoms with E-state index in [9.17, 15) is 19.8 Å². The third-order valence-corrected chi connectivity index (χ3v) is 4.72. The lowest BCUT2D eigenvalue weighted by Gasteiger charge is -2.18.